The lowest BCUT2D eigenvalue weighted by Crippen LogP contribution is -2.25. The van der Waals surface area contributed by atoms with Crippen LogP contribution >= 0.6 is 11.8 Å². The summed E-state index contributed by atoms with van der Waals surface area (Å²) in [6, 6.07) is 8.78. The number of nitrogens with zero attached hydrogens (tertiary/aromatic N) is 2. The Kier molecular flexibility index (Phi) is 5.39. The Balaban J connectivity index is 1.83. The van der Waals surface area contributed by atoms with E-state index in [1.165, 1.54) is 49.4 Å². The first-order chi connectivity index (χ1) is 11.3. The van der Waals surface area contributed by atoms with Crippen LogP contribution in [0.5, 0.6) is 0 Å². The van der Waals surface area contributed by atoms with Crippen LogP contribution in [0.2, 0.25) is 0 Å². The molecule has 1 heterocycles. The molecule has 23 heavy (non-hydrogen) atoms. The van der Waals surface area contributed by atoms with Crippen molar-refractivity contribution in [3.05, 3.63) is 36.9 Å². The minimum Gasteiger partial charge on any atom is -0.352 e. The fourth-order valence-electron chi connectivity index (χ4n) is 3.18. The Bertz CT molecular complexity index is 689. The molecule has 0 radical (unpaired) electrons. The van der Waals surface area contributed by atoms with E-state index in [0.29, 0.717) is 18.3 Å². The van der Waals surface area contributed by atoms with E-state index in [1.54, 1.807) is 6.08 Å². The number of hydrogen-bond donors (Lipinski definition) is 1. The number of fused-ring (bicyclic) bond motifs is 1. The van der Waals surface area contributed by atoms with Crippen LogP contribution in [0.15, 0.2) is 42.1 Å². The van der Waals surface area contributed by atoms with Gasteiger partial charge in [0.05, 0.1) is 16.8 Å². The summed E-state index contributed by atoms with van der Waals surface area (Å²) in [4.78, 5) is 16.6. The highest BCUT2D eigenvalue weighted by atomic mass is 32.2. The van der Waals surface area contributed by atoms with Gasteiger partial charge in [-0.05, 0) is 25.0 Å². The number of aromatic nitrogens is 2. The Labute approximate surface area is 141 Å². The molecule has 1 amide bonds. The Morgan fingerprint density at radius 3 is 2.91 bits per heavy atom. The largest absolute Gasteiger partial charge is 0.352 e. The first kappa shape index (κ1) is 16.1. The second-order valence-corrected chi connectivity index (χ2v) is 6.87. The second kappa shape index (κ2) is 7.68. The van der Waals surface area contributed by atoms with Gasteiger partial charge in [-0.15, -0.1) is 6.58 Å². The minimum atomic E-state index is 0.0251. The molecule has 0 saturated heterocycles. The molecule has 2 aromatic rings. The van der Waals surface area contributed by atoms with Crippen LogP contribution in [0, 0.1) is 0 Å². The molecule has 1 aromatic carbocycles. The van der Waals surface area contributed by atoms with Gasteiger partial charge in [-0.2, -0.15) is 0 Å². The monoisotopic (exact) mass is 329 g/mol. The smallest absolute Gasteiger partial charge is 0.230 e. The molecule has 0 unspecified atom stereocenters. The summed E-state index contributed by atoms with van der Waals surface area (Å²) in [6.45, 7) is 4.13. The summed E-state index contributed by atoms with van der Waals surface area (Å²) in [5, 5.41) is 3.79. The quantitative estimate of drug-likeness (QED) is 0.645. The molecule has 1 aromatic heterocycles. The third-order valence-corrected chi connectivity index (χ3v) is 5.23. The van der Waals surface area contributed by atoms with Gasteiger partial charge < -0.3 is 9.88 Å². The van der Waals surface area contributed by atoms with Crippen LogP contribution in [0.4, 0.5) is 0 Å². The Morgan fingerprint density at radius 1 is 1.35 bits per heavy atom. The van der Waals surface area contributed by atoms with E-state index in [1.807, 2.05) is 6.07 Å². The predicted octanol–water partition coefficient (Wildman–Crippen LogP) is 3.94. The van der Waals surface area contributed by atoms with Crippen LogP contribution in [0.3, 0.4) is 0 Å². The molecular weight excluding hydrogens is 306 g/mol. The van der Waals surface area contributed by atoms with E-state index < -0.39 is 0 Å². The third-order valence-electron chi connectivity index (χ3n) is 4.28. The summed E-state index contributed by atoms with van der Waals surface area (Å²) in [6.07, 6.45) is 7.99. The maximum Gasteiger partial charge on any atom is 0.230 e. The van der Waals surface area contributed by atoms with Crippen LogP contribution < -0.4 is 5.32 Å². The second-order valence-electron chi connectivity index (χ2n) is 5.93. The van der Waals surface area contributed by atoms with E-state index in [9.17, 15) is 4.79 Å². The number of nitrogens with one attached hydrogen (secondary N) is 1. The molecule has 0 bridgehead atoms. The molecule has 0 aliphatic heterocycles. The Hall–Kier alpha value is -1.75. The topological polar surface area (TPSA) is 46.9 Å². The van der Waals surface area contributed by atoms with Crippen molar-refractivity contribution in [2.75, 3.05) is 12.3 Å². The molecule has 5 heteroatoms. The number of carbonyl (C=O) groups excluding carboxylic acids is 1. The zero-order valence-corrected chi connectivity index (χ0v) is 14.1. The fraction of sp³-hybridized carbons (Fsp3) is 0.444. The summed E-state index contributed by atoms with van der Waals surface area (Å²) in [7, 11) is 0. The van der Waals surface area contributed by atoms with Crippen LogP contribution in [0.1, 0.15) is 38.1 Å². The first-order valence-corrected chi connectivity index (χ1v) is 9.25. The van der Waals surface area contributed by atoms with Gasteiger partial charge in [0.2, 0.25) is 5.91 Å². The van der Waals surface area contributed by atoms with Gasteiger partial charge in [-0.1, -0.05) is 49.2 Å². The highest BCUT2D eigenvalue weighted by molar-refractivity contribution is 7.99. The van der Waals surface area contributed by atoms with Crippen molar-refractivity contribution < 1.29 is 4.79 Å². The van der Waals surface area contributed by atoms with Crippen molar-refractivity contribution in [1.82, 2.24) is 14.9 Å². The molecule has 0 spiro atoms. The summed E-state index contributed by atoms with van der Waals surface area (Å²) < 4.78 is 2.36. The van der Waals surface area contributed by atoms with Crippen molar-refractivity contribution in [3.63, 3.8) is 0 Å². The van der Waals surface area contributed by atoms with Crippen LogP contribution in [-0.2, 0) is 4.79 Å². The summed E-state index contributed by atoms with van der Waals surface area (Å²) in [5.74, 6) is 0.418. The average Bonchev–Trinajstić information content (AvgIpc) is 2.97. The van der Waals surface area contributed by atoms with Gasteiger partial charge in [0.15, 0.2) is 5.16 Å². The minimum absolute atomic E-state index is 0.0251. The number of para-hydroxylation sites is 2. The predicted molar refractivity (Wildman–Crippen MR) is 95.8 cm³/mol. The lowest BCUT2D eigenvalue weighted by atomic mass is 9.95. The third kappa shape index (κ3) is 3.78. The number of amides is 1. The molecule has 1 fully saturated rings. The SMILES string of the molecule is C=CCNC(=O)CSc1nc2ccccc2n1C1CCCCC1. The van der Waals surface area contributed by atoms with Crippen molar-refractivity contribution in [2.45, 2.75) is 43.3 Å². The van der Waals surface area contributed by atoms with Crippen LogP contribution in [0.25, 0.3) is 11.0 Å². The Morgan fingerprint density at radius 2 is 2.13 bits per heavy atom. The van der Waals surface area contributed by atoms with E-state index in [2.05, 4.69) is 34.7 Å². The maximum atomic E-state index is 11.9. The number of rotatable bonds is 6. The normalized spacial score (nSPS) is 15.7. The van der Waals surface area contributed by atoms with Gasteiger partial charge in [-0.3, -0.25) is 4.79 Å². The molecule has 1 aliphatic rings. The van der Waals surface area contributed by atoms with Crippen molar-refractivity contribution in [1.29, 1.82) is 0 Å². The molecule has 4 nitrogen and oxygen atoms in total. The lowest BCUT2D eigenvalue weighted by Gasteiger charge is -2.25. The highest BCUT2D eigenvalue weighted by Gasteiger charge is 2.21. The molecule has 122 valence electrons. The van der Waals surface area contributed by atoms with E-state index in [0.717, 1.165) is 10.7 Å². The van der Waals surface area contributed by atoms with Gasteiger partial charge in [0, 0.05) is 12.6 Å². The molecular formula is C18H23N3OS. The zero-order chi connectivity index (χ0) is 16.1. The molecule has 0 atom stereocenters. The van der Waals surface area contributed by atoms with Crippen molar-refractivity contribution in [3.8, 4) is 0 Å². The van der Waals surface area contributed by atoms with E-state index in [4.69, 9.17) is 4.98 Å². The molecule has 1 saturated carbocycles. The van der Waals surface area contributed by atoms with Gasteiger partial charge in [-0.25, -0.2) is 4.98 Å². The number of thioether (sulfide) groups is 1. The fourth-order valence-corrected chi connectivity index (χ4v) is 4.10. The summed E-state index contributed by atoms with van der Waals surface area (Å²) >= 11 is 1.53. The zero-order valence-electron chi connectivity index (χ0n) is 13.3. The van der Waals surface area contributed by atoms with Crippen molar-refractivity contribution >= 4 is 28.7 Å². The molecule has 1 N–H and O–H groups in total. The van der Waals surface area contributed by atoms with E-state index in [-0.39, 0.29) is 5.91 Å². The molecule has 3 rings (SSSR count). The van der Waals surface area contributed by atoms with Gasteiger partial charge in [0.25, 0.3) is 0 Å². The standard InChI is InChI=1S/C18H23N3OS/c1-2-12-19-17(22)13-23-18-20-15-10-6-7-11-16(15)21(18)14-8-4-3-5-9-14/h2,6-7,10-11,14H,1,3-5,8-9,12-13H2,(H,19,22). The first-order valence-electron chi connectivity index (χ1n) is 8.27. The maximum absolute atomic E-state index is 11.9. The average molecular weight is 329 g/mol. The number of hydrogen-bond acceptors (Lipinski definition) is 3. The molecule has 1 aliphatic carbocycles. The van der Waals surface area contributed by atoms with Crippen molar-refractivity contribution in [2.24, 2.45) is 0 Å². The number of carbonyl (C=O) groups is 1. The van der Waals surface area contributed by atoms with Gasteiger partial charge >= 0.3 is 0 Å². The highest BCUT2D eigenvalue weighted by Crippen LogP contribution is 2.35. The number of imidazole rings is 1. The van der Waals surface area contributed by atoms with E-state index >= 15 is 0 Å². The van der Waals surface area contributed by atoms with Gasteiger partial charge in [0.1, 0.15) is 0 Å². The lowest BCUT2D eigenvalue weighted by molar-refractivity contribution is -0.118. The summed E-state index contributed by atoms with van der Waals surface area (Å²) in [5.41, 5.74) is 2.21. The van der Waals surface area contributed by atoms with Crippen LogP contribution in [-0.4, -0.2) is 27.8 Å². The number of benzene rings is 1.